The zero-order valence-electron chi connectivity index (χ0n) is 11.0. The molecule has 18 heavy (non-hydrogen) atoms. The lowest BCUT2D eigenvalue weighted by molar-refractivity contribution is 0.00973. The third-order valence-electron chi connectivity index (χ3n) is 2.91. The number of aromatic nitrogens is 2. The van der Waals surface area contributed by atoms with E-state index in [0.29, 0.717) is 17.4 Å². The van der Waals surface area contributed by atoms with Crippen LogP contribution in [-0.4, -0.2) is 17.3 Å². The van der Waals surface area contributed by atoms with Crippen molar-refractivity contribution in [2.24, 2.45) is 0 Å². The summed E-state index contributed by atoms with van der Waals surface area (Å²) >= 11 is 0. The zero-order chi connectivity index (χ0) is 13.3. The molecule has 0 aliphatic heterocycles. The van der Waals surface area contributed by atoms with E-state index in [1.807, 2.05) is 39.0 Å². The maximum absolute atomic E-state index is 5.91. The molecule has 0 amide bonds. The van der Waals surface area contributed by atoms with Crippen molar-refractivity contribution in [3.63, 3.8) is 0 Å². The zero-order valence-corrected chi connectivity index (χ0v) is 11.0. The van der Waals surface area contributed by atoms with Gasteiger partial charge in [-0.1, -0.05) is 16.8 Å². The maximum atomic E-state index is 5.91. The predicted molar refractivity (Wildman–Crippen MR) is 68.9 cm³/mol. The van der Waals surface area contributed by atoms with Crippen LogP contribution in [0.5, 0.6) is 0 Å². The minimum atomic E-state index is -0.583. The van der Waals surface area contributed by atoms with Crippen LogP contribution >= 0.6 is 0 Å². The first kappa shape index (κ1) is 12.6. The van der Waals surface area contributed by atoms with Gasteiger partial charge in [0.2, 0.25) is 5.82 Å². The highest BCUT2D eigenvalue weighted by molar-refractivity contribution is 5.71. The molecule has 0 atom stereocenters. The maximum Gasteiger partial charge on any atom is 0.260 e. The van der Waals surface area contributed by atoms with Crippen molar-refractivity contribution in [3.05, 3.63) is 29.6 Å². The van der Waals surface area contributed by atoms with Gasteiger partial charge in [-0.05, 0) is 32.9 Å². The summed E-state index contributed by atoms with van der Waals surface area (Å²) in [5.41, 5.74) is 7.79. The molecule has 0 spiro atoms. The van der Waals surface area contributed by atoms with Crippen molar-refractivity contribution in [3.8, 4) is 11.5 Å². The molecule has 1 heterocycles. The molecule has 0 unspecified atom stereocenters. The molecule has 2 aromatic rings. The highest BCUT2D eigenvalue weighted by Crippen LogP contribution is 2.28. The fourth-order valence-electron chi connectivity index (χ4n) is 1.52. The van der Waals surface area contributed by atoms with Gasteiger partial charge in [-0.2, -0.15) is 4.98 Å². The Labute approximate surface area is 106 Å². The van der Waals surface area contributed by atoms with Gasteiger partial charge in [-0.25, -0.2) is 0 Å². The highest BCUT2D eigenvalue weighted by atomic mass is 16.5. The second-order valence-electron chi connectivity index (χ2n) is 4.73. The molecule has 1 aromatic heterocycles. The van der Waals surface area contributed by atoms with E-state index in [9.17, 15) is 0 Å². The van der Waals surface area contributed by atoms with E-state index in [2.05, 4.69) is 10.1 Å². The summed E-state index contributed by atoms with van der Waals surface area (Å²) in [5, 5.41) is 3.94. The van der Waals surface area contributed by atoms with Gasteiger partial charge < -0.3 is 15.0 Å². The number of nitrogen functional groups attached to an aromatic ring is 1. The standard InChI is InChI=1S/C13H17N3O2/c1-8-5-6-10(14)9(7-8)11-15-12(16-18-11)13(2,3)17-4/h5-7H,14H2,1-4H3. The summed E-state index contributed by atoms with van der Waals surface area (Å²) in [6.45, 7) is 5.74. The molecular weight excluding hydrogens is 230 g/mol. The van der Waals surface area contributed by atoms with Gasteiger partial charge in [-0.3, -0.25) is 0 Å². The molecule has 0 fully saturated rings. The number of benzene rings is 1. The number of nitrogens with two attached hydrogens (primary N) is 1. The number of nitrogens with zero attached hydrogens (tertiary/aromatic N) is 2. The SMILES string of the molecule is COC(C)(C)c1noc(-c2cc(C)ccc2N)n1. The van der Waals surface area contributed by atoms with Crippen LogP contribution in [0, 0.1) is 6.92 Å². The molecule has 96 valence electrons. The Hall–Kier alpha value is -1.88. The molecule has 0 saturated carbocycles. The number of methoxy groups -OCH3 is 1. The first-order chi connectivity index (χ1) is 8.44. The molecular formula is C13H17N3O2. The Morgan fingerprint density at radius 2 is 2.06 bits per heavy atom. The Bertz CT molecular complexity index is 561. The summed E-state index contributed by atoms with van der Waals surface area (Å²) in [6.07, 6.45) is 0. The van der Waals surface area contributed by atoms with Crippen LogP contribution in [-0.2, 0) is 10.3 Å². The van der Waals surface area contributed by atoms with Crippen molar-refractivity contribution in [2.75, 3.05) is 12.8 Å². The topological polar surface area (TPSA) is 74.2 Å². The average Bonchev–Trinajstić information content (AvgIpc) is 2.82. The number of anilines is 1. The second kappa shape index (κ2) is 4.42. The normalized spacial score (nSPS) is 11.8. The van der Waals surface area contributed by atoms with E-state index < -0.39 is 5.60 Å². The first-order valence-electron chi connectivity index (χ1n) is 5.70. The molecule has 5 heteroatoms. The predicted octanol–water partition coefficient (Wildman–Crippen LogP) is 2.51. The van der Waals surface area contributed by atoms with E-state index >= 15 is 0 Å². The average molecular weight is 247 g/mol. The fraction of sp³-hybridized carbons (Fsp3) is 0.385. The lowest BCUT2D eigenvalue weighted by Crippen LogP contribution is -2.21. The third-order valence-corrected chi connectivity index (χ3v) is 2.91. The van der Waals surface area contributed by atoms with E-state index in [1.165, 1.54) is 0 Å². The summed E-state index contributed by atoms with van der Waals surface area (Å²) in [7, 11) is 1.61. The van der Waals surface area contributed by atoms with Crippen LogP contribution in [0.1, 0.15) is 25.2 Å². The van der Waals surface area contributed by atoms with Crippen LogP contribution in [0.2, 0.25) is 0 Å². The smallest absolute Gasteiger partial charge is 0.260 e. The minimum Gasteiger partial charge on any atom is -0.398 e. The molecule has 2 rings (SSSR count). The Morgan fingerprint density at radius 3 is 2.72 bits per heavy atom. The number of ether oxygens (including phenoxy) is 1. The van der Waals surface area contributed by atoms with E-state index in [4.69, 9.17) is 15.0 Å². The largest absolute Gasteiger partial charge is 0.398 e. The number of rotatable bonds is 3. The van der Waals surface area contributed by atoms with Crippen LogP contribution in [0.4, 0.5) is 5.69 Å². The molecule has 0 bridgehead atoms. The van der Waals surface area contributed by atoms with Gasteiger partial charge in [0.15, 0.2) is 0 Å². The van der Waals surface area contributed by atoms with Gasteiger partial charge in [-0.15, -0.1) is 0 Å². The van der Waals surface area contributed by atoms with E-state index in [0.717, 1.165) is 11.1 Å². The first-order valence-corrected chi connectivity index (χ1v) is 5.70. The molecule has 2 N–H and O–H groups in total. The van der Waals surface area contributed by atoms with E-state index in [1.54, 1.807) is 7.11 Å². The van der Waals surface area contributed by atoms with Crippen molar-refractivity contribution >= 4 is 5.69 Å². The Kier molecular flexibility index (Phi) is 3.09. The lowest BCUT2D eigenvalue weighted by atomic mass is 10.1. The number of hydrogen-bond acceptors (Lipinski definition) is 5. The van der Waals surface area contributed by atoms with Crippen molar-refractivity contribution < 1.29 is 9.26 Å². The Balaban J connectivity index is 2.44. The Morgan fingerprint density at radius 1 is 1.33 bits per heavy atom. The summed E-state index contributed by atoms with van der Waals surface area (Å²) < 4.78 is 10.6. The quantitative estimate of drug-likeness (QED) is 0.843. The van der Waals surface area contributed by atoms with Gasteiger partial charge in [0.05, 0.1) is 5.56 Å². The van der Waals surface area contributed by atoms with Crippen LogP contribution in [0.25, 0.3) is 11.5 Å². The molecule has 0 aliphatic rings. The number of hydrogen-bond donors (Lipinski definition) is 1. The summed E-state index contributed by atoms with van der Waals surface area (Å²) in [4.78, 5) is 4.34. The summed E-state index contributed by atoms with van der Waals surface area (Å²) in [5.74, 6) is 0.914. The van der Waals surface area contributed by atoms with Gasteiger partial charge in [0, 0.05) is 12.8 Å². The third kappa shape index (κ3) is 2.22. The van der Waals surface area contributed by atoms with Crippen LogP contribution in [0.15, 0.2) is 22.7 Å². The van der Waals surface area contributed by atoms with E-state index in [-0.39, 0.29) is 0 Å². The van der Waals surface area contributed by atoms with Crippen molar-refractivity contribution in [2.45, 2.75) is 26.4 Å². The van der Waals surface area contributed by atoms with Gasteiger partial charge >= 0.3 is 0 Å². The van der Waals surface area contributed by atoms with Gasteiger partial charge in [0.1, 0.15) is 5.60 Å². The fourth-order valence-corrected chi connectivity index (χ4v) is 1.52. The minimum absolute atomic E-state index is 0.413. The molecule has 0 saturated heterocycles. The molecule has 0 aliphatic carbocycles. The molecule has 0 radical (unpaired) electrons. The number of aryl methyl sites for hydroxylation is 1. The monoisotopic (exact) mass is 247 g/mol. The summed E-state index contributed by atoms with van der Waals surface area (Å²) in [6, 6.07) is 5.69. The van der Waals surface area contributed by atoms with Crippen molar-refractivity contribution in [1.29, 1.82) is 0 Å². The van der Waals surface area contributed by atoms with Crippen molar-refractivity contribution in [1.82, 2.24) is 10.1 Å². The highest BCUT2D eigenvalue weighted by Gasteiger charge is 2.26. The molecule has 5 nitrogen and oxygen atoms in total. The van der Waals surface area contributed by atoms with Crippen LogP contribution in [0.3, 0.4) is 0 Å². The lowest BCUT2D eigenvalue weighted by Gasteiger charge is -2.17. The second-order valence-corrected chi connectivity index (χ2v) is 4.73. The molecule has 1 aromatic carbocycles. The van der Waals surface area contributed by atoms with Crippen LogP contribution < -0.4 is 5.73 Å². The van der Waals surface area contributed by atoms with Gasteiger partial charge in [0.25, 0.3) is 5.89 Å².